The molecule has 22 heavy (non-hydrogen) atoms. The molecular weight excluding hydrogens is 303 g/mol. The van der Waals surface area contributed by atoms with Crippen molar-refractivity contribution < 1.29 is 14.3 Å². The van der Waals surface area contributed by atoms with Crippen LogP contribution in [0.5, 0.6) is 0 Å². The van der Waals surface area contributed by atoms with Crippen molar-refractivity contribution in [2.45, 2.75) is 18.9 Å². The van der Waals surface area contributed by atoms with Gasteiger partial charge < -0.3 is 15.7 Å². The summed E-state index contributed by atoms with van der Waals surface area (Å²) in [5.41, 5.74) is 0.176. The number of carbonyl (C=O) groups excluding carboxylic acids is 1. The van der Waals surface area contributed by atoms with Gasteiger partial charge in [0.25, 0.3) is 0 Å². The molecule has 2 unspecified atom stereocenters. The van der Waals surface area contributed by atoms with E-state index in [1.807, 2.05) is 24.4 Å². The number of aliphatic hydroxyl groups is 1. The number of hydrogen-bond acceptors (Lipinski definition) is 3. The smallest absolute Gasteiger partial charge is 0.314 e. The summed E-state index contributed by atoms with van der Waals surface area (Å²) in [4.78, 5) is 12.9. The van der Waals surface area contributed by atoms with Gasteiger partial charge in [-0.1, -0.05) is 31.2 Å². The van der Waals surface area contributed by atoms with E-state index in [1.165, 1.54) is 17.0 Å². The first-order valence-electron chi connectivity index (χ1n) is 7.05. The van der Waals surface area contributed by atoms with Crippen LogP contribution in [-0.2, 0) is 0 Å². The fourth-order valence-corrected chi connectivity index (χ4v) is 2.81. The fourth-order valence-electron chi connectivity index (χ4n) is 2.03. The molecule has 6 heteroatoms. The lowest BCUT2D eigenvalue weighted by atomic mass is 10.1. The van der Waals surface area contributed by atoms with Crippen LogP contribution < -0.4 is 10.6 Å². The second-order valence-electron chi connectivity index (χ2n) is 5.04. The monoisotopic (exact) mass is 322 g/mol. The minimum Gasteiger partial charge on any atom is -0.386 e. The summed E-state index contributed by atoms with van der Waals surface area (Å²) in [6, 6.07) is 9.60. The topological polar surface area (TPSA) is 61.4 Å². The highest BCUT2D eigenvalue weighted by Gasteiger charge is 2.14. The zero-order chi connectivity index (χ0) is 15.9. The first-order chi connectivity index (χ1) is 10.6. The van der Waals surface area contributed by atoms with Crippen LogP contribution >= 0.6 is 11.3 Å². The Bertz CT molecular complexity index is 604. The fraction of sp³-hybridized carbons (Fsp3) is 0.312. The van der Waals surface area contributed by atoms with E-state index in [1.54, 1.807) is 23.5 Å². The summed E-state index contributed by atoms with van der Waals surface area (Å²) < 4.78 is 13.5. The third-order valence-corrected chi connectivity index (χ3v) is 4.42. The lowest BCUT2D eigenvalue weighted by molar-refractivity contribution is 0.169. The summed E-state index contributed by atoms with van der Waals surface area (Å²) in [5, 5.41) is 17.2. The normalized spacial score (nSPS) is 13.4. The predicted molar refractivity (Wildman–Crippen MR) is 85.5 cm³/mol. The molecule has 0 radical (unpaired) electrons. The summed E-state index contributed by atoms with van der Waals surface area (Å²) in [5.74, 6) is -0.259. The van der Waals surface area contributed by atoms with Crippen LogP contribution in [0.1, 0.15) is 29.4 Å². The van der Waals surface area contributed by atoms with Gasteiger partial charge in [0.05, 0.1) is 6.10 Å². The molecule has 0 saturated heterocycles. The number of urea groups is 1. The number of carbonyl (C=O) groups is 1. The molecule has 0 aliphatic carbocycles. The summed E-state index contributed by atoms with van der Waals surface area (Å²) >= 11 is 1.65. The number of aliphatic hydroxyl groups excluding tert-OH is 1. The summed E-state index contributed by atoms with van der Waals surface area (Å²) in [6.07, 6.45) is -1.07. The minimum atomic E-state index is -1.07. The number of nitrogens with one attached hydrogen (secondary N) is 2. The first-order valence-corrected chi connectivity index (χ1v) is 7.93. The van der Waals surface area contributed by atoms with Crippen molar-refractivity contribution >= 4 is 17.4 Å². The van der Waals surface area contributed by atoms with Crippen molar-refractivity contribution in [3.05, 3.63) is 58.0 Å². The molecule has 0 spiro atoms. The standard InChI is InChI=1S/C16H19FN2O2S/c1-11(15-7-4-8-22-15)9-18-16(21)19-10-14(20)12-5-2-3-6-13(12)17/h2-8,11,14,20H,9-10H2,1H3,(H2,18,19,21). The third kappa shape index (κ3) is 4.54. The van der Waals surface area contributed by atoms with Gasteiger partial charge >= 0.3 is 6.03 Å². The molecule has 2 amide bonds. The second-order valence-corrected chi connectivity index (χ2v) is 6.02. The van der Waals surface area contributed by atoms with E-state index in [9.17, 15) is 14.3 Å². The minimum absolute atomic E-state index is 0.0415. The van der Waals surface area contributed by atoms with Gasteiger partial charge in [-0.15, -0.1) is 11.3 Å². The molecule has 2 rings (SSSR count). The van der Waals surface area contributed by atoms with Gasteiger partial charge in [0.2, 0.25) is 0 Å². The summed E-state index contributed by atoms with van der Waals surface area (Å²) in [6.45, 7) is 2.49. The molecule has 1 heterocycles. The number of benzene rings is 1. The molecule has 0 aliphatic rings. The van der Waals surface area contributed by atoms with Gasteiger partial charge in [0.15, 0.2) is 0 Å². The van der Waals surface area contributed by atoms with Gasteiger partial charge in [-0.25, -0.2) is 9.18 Å². The van der Waals surface area contributed by atoms with Crippen LogP contribution in [0.3, 0.4) is 0 Å². The maximum Gasteiger partial charge on any atom is 0.314 e. The average molecular weight is 322 g/mol. The number of halogens is 1. The molecule has 3 N–H and O–H groups in total. The van der Waals surface area contributed by atoms with Crippen molar-refractivity contribution in [1.29, 1.82) is 0 Å². The third-order valence-electron chi connectivity index (χ3n) is 3.32. The van der Waals surface area contributed by atoms with E-state index in [4.69, 9.17) is 0 Å². The molecule has 118 valence electrons. The van der Waals surface area contributed by atoms with Crippen LogP contribution in [0.4, 0.5) is 9.18 Å². The first kappa shape index (κ1) is 16.5. The molecule has 0 bridgehead atoms. The van der Waals surface area contributed by atoms with Crippen molar-refractivity contribution in [1.82, 2.24) is 10.6 Å². The van der Waals surface area contributed by atoms with E-state index < -0.39 is 11.9 Å². The maximum absolute atomic E-state index is 13.5. The zero-order valence-corrected chi connectivity index (χ0v) is 13.1. The Morgan fingerprint density at radius 2 is 1.95 bits per heavy atom. The number of rotatable bonds is 6. The van der Waals surface area contributed by atoms with Gasteiger partial charge in [0, 0.05) is 29.4 Å². The largest absolute Gasteiger partial charge is 0.386 e. The van der Waals surface area contributed by atoms with Crippen LogP contribution in [0, 0.1) is 5.82 Å². The lowest BCUT2D eigenvalue weighted by Gasteiger charge is -2.15. The maximum atomic E-state index is 13.5. The Morgan fingerprint density at radius 1 is 1.23 bits per heavy atom. The molecule has 1 aromatic carbocycles. The number of hydrogen-bond donors (Lipinski definition) is 3. The van der Waals surface area contributed by atoms with Gasteiger partial charge in [0.1, 0.15) is 5.82 Å². The van der Waals surface area contributed by atoms with Gasteiger partial charge in [-0.2, -0.15) is 0 Å². The Kier molecular flexibility index (Phi) is 5.91. The van der Waals surface area contributed by atoms with Crippen molar-refractivity contribution in [3.63, 3.8) is 0 Å². The molecule has 2 aromatic rings. The molecular formula is C16H19FN2O2S. The highest BCUT2D eigenvalue weighted by atomic mass is 32.1. The average Bonchev–Trinajstić information content (AvgIpc) is 3.05. The second kappa shape index (κ2) is 7.91. The molecule has 4 nitrogen and oxygen atoms in total. The van der Waals surface area contributed by atoms with E-state index >= 15 is 0 Å². The number of amides is 2. The van der Waals surface area contributed by atoms with E-state index in [2.05, 4.69) is 10.6 Å². The predicted octanol–water partition coefficient (Wildman–Crippen LogP) is 3.02. The Labute approximate surface area is 133 Å². The van der Waals surface area contributed by atoms with Crippen molar-refractivity contribution in [2.75, 3.05) is 13.1 Å². The van der Waals surface area contributed by atoms with Crippen LogP contribution in [0.25, 0.3) is 0 Å². The van der Waals surface area contributed by atoms with Crippen molar-refractivity contribution in [2.24, 2.45) is 0 Å². The highest BCUT2D eigenvalue weighted by Crippen LogP contribution is 2.19. The van der Waals surface area contributed by atoms with Gasteiger partial charge in [-0.3, -0.25) is 0 Å². The van der Waals surface area contributed by atoms with Crippen LogP contribution in [-0.4, -0.2) is 24.2 Å². The highest BCUT2D eigenvalue weighted by molar-refractivity contribution is 7.10. The Morgan fingerprint density at radius 3 is 2.64 bits per heavy atom. The van der Waals surface area contributed by atoms with E-state index in [0.29, 0.717) is 6.54 Å². The Hall–Kier alpha value is -1.92. The summed E-state index contributed by atoms with van der Waals surface area (Å²) in [7, 11) is 0. The number of thiophene rings is 1. The lowest BCUT2D eigenvalue weighted by Crippen LogP contribution is -2.39. The van der Waals surface area contributed by atoms with Crippen molar-refractivity contribution in [3.8, 4) is 0 Å². The SMILES string of the molecule is CC(CNC(=O)NCC(O)c1ccccc1F)c1cccs1. The van der Waals surface area contributed by atoms with Gasteiger partial charge in [-0.05, 0) is 17.5 Å². The zero-order valence-electron chi connectivity index (χ0n) is 12.3. The van der Waals surface area contributed by atoms with E-state index in [-0.39, 0.29) is 24.1 Å². The van der Waals surface area contributed by atoms with Crippen LogP contribution in [0.2, 0.25) is 0 Å². The molecule has 0 saturated carbocycles. The van der Waals surface area contributed by atoms with Crippen LogP contribution in [0.15, 0.2) is 41.8 Å². The molecule has 2 atom stereocenters. The molecule has 1 aromatic heterocycles. The quantitative estimate of drug-likeness (QED) is 0.765. The molecule has 0 aliphatic heterocycles. The Balaban J connectivity index is 1.75. The molecule has 0 fully saturated rings. The van der Waals surface area contributed by atoms with E-state index in [0.717, 1.165) is 0 Å².